The van der Waals surface area contributed by atoms with E-state index in [4.69, 9.17) is 23.8 Å². The Morgan fingerprint density at radius 3 is 2.48 bits per heavy atom. The van der Waals surface area contributed by atoms with Gasteiger partial charge in [0.1, 0.15) is 0 Å². The summed E-state index contributed by atoms with van der Waals surface area (Å²) in [6.07, 6.45) is 0.948. The molecule has 2 rings (SSSR count). The molecular weight excluding hydrogens is 300 g/mol. The zero-order valence-corrected chi connectivity index (χ0v) is 13.5. The third-order valence-electron chi connectivity index (χ3n) is 3.26. The Labute approximate surface area is 136 Å². The monoisotopic (exact) mass is 318 g/mol. The van der Waals surface area contributed by atoms with Crippen molar-refractivity contribution in [1.82, 2.24) is 10.6 Å². The summed E-state index contributed by atoms with van der Waals surface area (Å²) in [7, 11) is 0. The lowest BCUT2D eigenvalue weighted by atomic mass is 10.1. The smallest absolute Gasteiger partial charge is 0.166 e. The van der Waals surface area contributed by atoms with Gasteiger partial charge in [-0.3, -0.25) is 0 Å². The molecule has 0 aliphatic heterocycles. The zero-order valence-electron chi connectivity index (χ0n) is 12.0. The summed E-state index contributed by atoms with van der Waals surface area (Å²) in [6, 6.07) is 18.2. The molecule has 0 radical (unpaired) electrons. The van der Waals surface area contributed by atoms with Crippen molar-refractivity contribution in [2.45, 2.75) is 19.4 Å². The van der Waals surface area contributed by atoms with E-state index >= 15 is 0 Å². The number of hydrogen-bond acceptors (Lipinski definition) is 1. The van der Waals surface area contributed by atoms with Crippen molar-refractivity contribution in [2.24, 2.45) is 0 Å². The van der Waals surface area contributed by atoms with Crippen molar-refractivity contribution < 1.29 is 0 Å². The van der Waals surface area contributed by atoms with Crippen LogP contribution in [0.4, 0.5) is 0 Å². The highest BCUT2D eigenvalue weighted by atomic mass is 35.5. The average molecular weight is 319 g/mol. The van der Waals surface area contributed by atoms with Gasteiger partial charge in [0.15, 0.2) is 5.11 Å². The Balaban J connectivity index is 1.78. The normalized spacial score (nSPS) is 11.7. The van der Waals surface area contributed by atoms with E-state index < -0.39 is 0 Å². The van der Waals surface area contributed by atoms with Crippen LogP contribution in [0.2, 0.25) is 5.02 Å². The lowest BCUT2D eigenvalue weighted by molar-refractivity contribution is 0.697. The summed E-state index contributed by atoms with van der Waals surface area (Å²) in [5.74, 6) is 0. The number of thiocarbonyl (C=S) groups is 1. The second-order valence-corrected chi connectivity index (χ2v) is 5.69. The molecule has 0 spiro atoms. The van der Waals surface area contributed by atoms with E-state index in [1.807, 2.05) is 49.4 Å². The van der Waals surface area contributed by atoms with E-state index in [9.17, 15) is 0 Å². The van der Waals surface area contributed by atoms with E-state index in [1.165, 1.54) is 5.56 Å². The Bertz CT molecular complexity index is 586. The maximum Gasteiger partial charge on any atom is 0.166 e. The fourth-order valence-corrected chi connectivity index (χ4v) is 2.69. The summed E-state index contributed by atoms with van der Waals surface area (Å²) in [5, 5.41) is 7.89. The highest BCUT2D eigenvalue weighted by Crippen LogP contribution is 2.21. The number of benzene rings is 2. The van der Waals surface area contributed by atoms with Crippen molar-refractivity contribution in [1.29, 1.82) is 0 Å². The van der Waals surface area contributed by atoms with Gasteiger partial charge in [-0.05, 0) is 42.8 Å². The van der Waals surface area contributed by atoms with Gasteiger partial charge >= 0.3 is 0 Å². The van der Waals surface area contributed by atoms with Crippen LogP contribution in [-0.4, -0.2) is 11.7 Å². The highest BCUT2D eigenvalue weighted by molar-refractivity contribution is 7.80. The van der Waals surface area contributed by atoms with E-state index in [0.29, 0.717) is 5.11 Å². The van der Waals surface area contributed by atoms with E-state index in [1.54, 1.807) is 0 Å². The topological polar surface area (TPSA) is 24.1 Å². The summed E-state index contributed by atoms with van der Waals surface area (Å²) in [4.78, 5) is 0. The van der Waals surface area contributed by atoms with Gasteiger partial charge in [-0.25, -0.2) is 0 Å². The van der Waals surface area contributed by atoms with Crippen LogP contribution in [0.1, 0.15) is 24.1 Å². The second kappa shape index (κ2) is 8.01. The molecular formula is C17H19ClN2S. The second-order valence-electron chi connectivity index (χ2n) is 4.88. The van der Waals surface area contributed by atoms with Gasteiger partial charge in [0.05, 0.1) is 6.04 Å². The fraction of sp³-hybridized carbons (Fsp3) is 0.235. The fourth-order valence-electron chi connectivity index (χ4n) is 2.12. The molecule has 0 unspecified atom stereocenters. The lowest BCUT2D eigenvalue weighted by Crippen LogP contribution is -2.37. The Morgan fingerprint density at radius 1 is 1.10 bits per heavy atom. The minimum absolute atomic E-state index is 0.0791. The highest BCUT2D eigenvalue weighted by Gasteiger charge is 2.09. The predicted octanol–water partition coefficient (Wildman–Crippen LogP) is 4.11. The Morgan fingerprint density at radius 2 is 1.76 bits per heavy atom. The van der Waals surface area contributed by atoms with Crippen LogP contribution in [-0.2, 0) is 6.42 Å². The van der Waals surface area contributed by atoms with Crippen LogP contribution in [0, 0.1) is 0 Å². The first-order chi connectivity index (χ1) is 10.2. The van der Waals surface area contributed by atoms with Crippen molar-refractivity contribution in [3.63, 3.8) is 0 Å². The van der Waals surface area contributed by atoms with Gasteiger partial charge in [-0.2, -0.15) is 0 Å². The third-order valence-corrected chi connectivity index (χ3v) is 3.87. The van der Waals surface area contributed by atoms with Crippen LogP contribution in [0.25, 0.3) is 0 Å². The van der Waals surface area contributed by atoms with Crippen LogP contribution in [0.3, 0.4) is 0 Å². The molecule has 0 aliphatic carbocycles. The van der Waals surface area contributed by atoms with Crippen LogP contribution in [0.15, 0.2) is 54.6 Å². The van der Waals surface area contributed by atoms with Crippen LogP contribution in [0.5, 0.6) is 0 Å². The lowest BCUT2D eigenvalue weighted by Gasteiger charge is -2.18. The summed E-state index contributed by atoms with van der Waals surface area (Å²) < 4.78 is 0. The number of halogens is 1. The van der Waals surface area contributed by atoms with Crippen molar-refractivity contribution in [3.05, 3.63) is 70.7 Å². The van der Waals surface area contributed by atoms with Gasteiger partial charge in [0.2, 0.25) is 0 Å². The molecule has 1 atom stereocenters. The summed E-state index contributed by atoms with van der Waals surface area (Å²) >= 11 is 11.5. The SMILES string of the molecule is C[C@@H](NC(=S)NCCc1ccccc1)c1ccccc1Cl. The van der Waals surface area contributed by atoms with Crippen LogP contribution < -0.4 is 10.6 Å². The molecule has 2 N–H and O–H groups in total. The molecule has 110 valence electrons. The molecule has 0 aromatic heterocycles. The van der Waals surface area contributed by atoms with E-state index in [2.05, 4.69) is 22.8 Å². The number of hydrogen-bond donors (Lipinski definition) is 2. The van der Waals surface area contributed by atoms with Crippen LogP contribution >= 0.6 is 23.8 Å². The minimum atomic E-state index is 0.0791. The van der Waals surface area contributed by atoms with Gasteiger partial charge in [-0.1, -0.05) is 60.1 Å². The molecule has 0 aliphatic rings. The first-order valence-corrected chi connectivity index (χ1v) is 7.78. The van der Waals surface area contributed by atoms with Gasteiger partial charge in [-0.15, -0.1) is 0 Å². The molecule has 0 saturated heterocycles. The maximum atomic E-state index is 6.18. The predicted molar refractivity (Wildman–Crippen MR) is 93.7 cm³/mol. The van der Waals surface area contributed by atoms with Gasteiger partial charge < -0.3 is 10.6 Å². The van der Waals surface area contributed by atoms with Crippen molar-refractivity contribution in [2.75, 3.05) is 6.54 Å². The molecule has 2 nitrogen and oxygen atoms in total. The van der Waals surface area contributed by atoms with E-state index in [-0.39, 0.29) is 6.04 Å². The van der Waals surface area contributed by atoms with E-state index in [0.717, 1.165) is 23.6 Å². The molecule has 0 saturated carbocycles. The summed E-state index contributed by atoms with van der Waals surface area (Å²) in [6.45, 7) is 2.86. The molecule has 0 heterocycles. The largest absolute Gasteiger partial charge is 0.362 e. The average Bonchev–Trinajstić information content (AvgIpc) is 2.48. The molecule has 2 aromatic rings. The minimum Gasteiger partial charge on any atom is -0.362 e. The Hall–Kier alpha value is -1.58. The van der Waals surface area contributed by atoms with Gasteiger partial charge in [0, 0.05) is 11.6 Å². The molecule has 4 heteroatoms. The maximum absolute atomic E-state index is 6.18. The first-order valence-electron chi connectivity index (χ1n) is 6.99. The molecule has 0 bridgehead atoms. The Kier molecular flexibility index (Phi) is 6.03. The molecule has 2 aromatic carbocycles. The quantitative estimate of drug-likeness (QED) is 0.811. The first kappa shape index (κ1) is 15.8. The molecule has 21 heavy (non-hydrogen) atoms. The standard InChI is InChI=1S/C17H19ClN2S/c1-13(15-9-5-6-10-16(15)18)20-17(21)19-12-11-14-7-3-2-4-8-14/h2-10,13H,11-12H2,1H3,(H2,19,20,21)/t13-/m1/s1. The third kappa shape index (κ3) is 5.03. The molecule has 0 amide bonds. The zero-order chi connectivity index (χ0) is 15.1. The number of rotatable bonds is 5. The molecule has 0 fully saturated rings. The van der Waals surface area contributed by atoms with Crippen molar-refractivity contribution >= 4 is 28.9 Å². The van der Waals surface area contributed by atoms with Gasteiger partial charge in [0.25, 0.3) is 0 Å². The summed E-state index contributed by atoms with van der Waals surface area (Å²) in [5.41, 5.74) is 2.35. The number of nitrogens with one attached hydrogen (secondary N) is 2. The van der Waals surface area contributed by atoms with Crippen molar-refractivity contribution in [3.8, 4) is 0 Å².